The van der Waals surface area contributed by atoms with Gasteiger partial charge in [-0.3, -0.25) is 4.79 Å². The van der Waals surface area contributed by atoms with Crippen molar-refractivity contribution in [1.82, 2.24) is 15.1 Å². The van der Waals surface area contributed by atoms with E-state index in [0.29, 0.717) is 29.2 Å². The van der Waals surface area contributed by atoms with E-state index in [2.05, 4.69) is 10.2 Å². The van der Waals surface area contributed by atoms with Crippen molar-refractivity contribution in [1.29, 1.82) is 0 Å². The minimum absolute atomic E-state index is 0.0599. The standard InChI is InChI=1S/C16H16ClN3O2S2/c1-3-20(4-2)12(21)9-23-16-19-18-15(22-16)14-13(17)10-7-5-6-8-11(10)24-14/h5-8H,3-4,9H2,1-2H3. The lowest BCUT2D eigenvalue weighted by Crippen LogP contribution is -2.31. The number of thiophene rings is 1. The lowest BCUT2D eigenvalue weighted by atomic mass is 10.2. The molecule has 0 unspecified atom stereocenters. The van der Waals surface area contributed by atoms with Crippen LogP contribution in [0.3, 0.4) is 0 Å². The molecule has 0 aliphatic carbocycles. The van der Waals surface area contributed by atoms with Crippen molar-refractivity contribution >= 4 is 50.7 Å². The van der Waals surface area contributed by atoms with Gasteiger partial charge in [0.05, 0.1) is 10.8 Å². The number of fused-ring (bicyclic) bond motifs is 1. The number of thioether (sulfide) groups is 1. The summed E-state index contributed by atoms with van der Waals surface area (Å²) in [6, 6.07) is 7.88. The zero-order chi connectivity index (χ0) is 17.1. The van der Waals surface area contributed by atoms with Crippen molar-refractivity contribution in [3.63, 3.8) is 0 Å². The first-order valence-electron chi connectivity index (χ1n) is 7.55. The Bertz CT molecular complexity index is 858. The van der Waals surface area contributed by atoms with Crippen LogP contribution >= 0.6 is 34.7 Å². The third-order valence-corrected chi connectivity index (χ3v) is 6.04. The van der Waals surface area contributed by atoms with Crippen molar-refractivity contribution in [3.05, 3.63) is 29.3 Å². The van der Waals surface area contributed by atoms with Gasteiger partial charge in [-0.05, 0) is 19.9 Å². The molecule has 3 aromatic rings. The van der Waals surface area contributed by atoms with E-state index in [-0.39, 0.29) is 11.7 Å². The predicted octanol–water partition coefficient (Wildman–Crippen LogP) is 4.57. The first-order chi connectivity index (χ1) is 11.6. The molecular weight excluding hydrogens is 366 g/mol. The van der Waals surface area contributed by atoms with Crippen molar-refractivity contribution < 1.29 is 9.21 Å². The van der Waals surface area contributed by atoms with Gasteiger partial charge in [-0.1, -0.05) is 41.6 Å². The normalized spacial score (nSPS) is 11.1. The van der Waals surface area contributed by atoms with Gasteiger partial charge in [-0.2, -0.15) is 0 Å². The lowest BCUT2D eigenvalue weighted by molar-refractivity contribution is -0.127. The number of rotatable bonds is 6. The summed E-state index contributed by atoms with van der Waals surface area (Å²) in [4.78, 5) is 14.6. The average Bonchev–Trinajstić information content (AvgIpc) is 3.19. The maximum atomic E-state index is 12.0. The maximum Gasteiger partial charge on any atom is 0.277 e. The lowest BCUT2D eigenvalue weighted by Gasteiger charge is -2.17. The fraction of sp³-hybridized carbons (Fsp3) is 0.312. The zero-order valence-corrected chi connectivity index (χ0v) is 15.7. The highest BCUT2D eigenvalue weighted by molar-refractivity contribution is 7.99. The predicted molar refractivity (Wildman–Crippen MR) is 98.8 cm³/mol. The van der Waals surface area contributed by atoms with Crippen LogP contribution in [0.15, 0.2) is 33.9 Å². The molecule has 1 amide bonds. The molecule has 8 heteroatoms. The molecule has 2 heterocycles. The molecule has 0 saturated carbocycles. The SMILES string of the molecule is CCN(CC)C(=O)CSc1nnc(-c2sc3ccccc3c2Cl)o1. The molecule has 0 radical (unpaired) electrons. The fourth-order valence-electron chi connectivity index (χ4n) is 2.30. The van der Waals surface area contributed by atoms with E-state index >= 15 is 0 Å². The molecule has 1 aromatic carbocycles. The number of benzene rings is 1. The monoisotopic (exact) mass is 381 g/mol. The van der Waals surface area contributed by atoms with Gasteiger partial charge in [0.1, 0.15) is 4.88 Å². The van der Waals surface area contributed by atoms with Crippen LogP contribution in [0.5, 0.6) is 0 Å². The molecule has 0 bridgehead atoms. The third kappa shape index (κ3) is 3.43. The topological polar surface area (TPSA) is 59.2 Å². The minimum Gasteiger partial charge on any atom is -0.410 e. The van der Waals surface area contributed by atoms with Crippen molar-refractivity contribution in [2.75, 3.05) is 18.8 Å². The van der Waals surface area contributed by atoms with Crippen LogP contribution in [0.25, 0.3) is 20.9 Å². The Hall–Kier alpha value is -1.57. The van der Waals surface area contributed by atoms with Gasteiger partial charge in [0.25, 0.3) is 11.1 Å². The molecule has 3 rings (SSSR count). The second-order valence-corrected chi connectivity index (χ2v) is 7.33. The van der Waals surface area contributed by atoms with Crippen molar-refractivity contribution in [2.45, 2.75) is 19.1 Å². The van der Waals surface area contributed by atoms with E-state index < -0.39 is 0 Å². The molecule has 5 nitrogen and oxygen atoms in total. The van der Waals surface area contributed by atoms with Gasteiger partial charge in [-0.15, -0.1) is 21.5 Å². The van der Waals surface area contributed by atoms with Crippen molar-refractivity contribution in [3.8, 4) is 10.8 Å². The second kappa shape index (κ2) is 7.55. The summed E-state index contributed by atoms with van der Waals surface area (Å²) < 4.78 is 6.74. The molecule has 0 aliphatic rings. The van der Waals surface area contributed by atoms with Gasteiger partial charge in [0.2, 0.25) is 5.91 Å². The van der Waals surface area contributed by atoms with Crippen LogP contribution in [0.1, 0.15) is 13.8 Å². The highest BCUT2D eigenvalue weighted by Crippen LogP contribution is 2.41. The van der Waals surface area contributed by atoms with Crippen LogP contribution in [0.2, 0.25) is 5.02 Å². The largest absolute Gasteiger partial charge is 0.410 e. The van der Waals surface area contributed by atoms with E-state index in [4.69, 9.17) is 16.0 Å². The summed E-state index contributed by atoms with van der Waals surface area (Å²) in [5, 5.41) is 10.0. The highest BCUT2D eigenvalue weighted by Gasteiger charge is 2.19. The fourth-order valence-corrected chi connectivity index (χ4v) is 4.40. The molecule has 126 valence electrons. The molecule has 0 saturated heterocycles. The van der Waals surface area contributed by atoms with Crippen LogP contribution < -0.4 is 0 Å². The van der Waals surface area contributed by atoms with Gasteiger partial charge in [0, 0.05) is 23.2 Å². The molecular formula is C16H16ClN3O2S2. The molecule has 0 atom stereocenters. The summed E-state index contributed by atoms with van der Waals surface area (Å²) in [5.41, 5.74) is 0. The Morgan fingerprint density at radius 1 is 1.29 bits per heavy atom. The Balaban J connectivity index is 1.75. The molecule has 24 heavy (non-hydrogen) atoms. The molecule has 0 spiro atoms. The van der Waals surface area contributed by atoms with E-state index in [1.54, 1.807) is 4.90 Å². The first-order valence-corrected chi connectivity index (χ1v) is 9.73. The summed E-state index contributed by atoms with van der Waals surface area (Å²) in [5.74, 6) is 0.729. The van der Waals surface area contributed by atoms with E-state index in [1.165, 1.54) is 23.1 Å². The second-order valence-electron chi connectivity index (χ2n) is 4.97. The highest BCUT2D eigenvalue weighted by atomic mass is 35.5. The number of aromatic nitrogens is 2. The number of amides is 1. The van der Waals surface area contributed by atoms with E-state index in [0.717, 1.165) is 15.0 Å². The Morgan fingerprint density at radius 2 is 2.04 bits per heavy atom. The Morgan fingerprint density at radius 3 is 2.75 bits per heavy atom. The van der Waals surface area contributed by atoms with Crippen LogP contribution in [-0.4, -0.2) is 39.8 Å². The van der Waals surface area contributed by atoms with E-state index in [9.17, 15) is 4.79 Å². The minimum atomic E-state index is 0.0599. The van der Waals surface area contributed by atoms with E-state index in [1.807, 2.05) is 38.1 Å². The third-order valence-electron chi connectivity index (χ3n) is 3.57. The zero-order valence-electron chi connectivity index (χ0n) is 13.3. The molecule has 0 aliphatic heterocycles. The number of nitrogens with zero attached hydrogens (tertiary/aromatic N) is 3. The van der Waals surface area contributed by atoms with Gasteiger partial charge < -0.3 is 9.32 Å². The molecule has 0 N–H and O–H groups in total. The van der Waals surface area contributed by atoms with Crippen LogP contribution in [-0.2, 0) is 4.79 Å². The summed E-state index contributed by atoms with van der Waals surface area (Å²) in [6.45, 7) is 5.31. The number of carbonyl (C=O) groups is 1. The number of carbonyl (C=O) groups excluding carboxylic acids is 1. The Kier molecular flexibility index (Phi) is 5.43. The smallest absolute Gasteiger partial charge is 0.277 e. The number of hydrogen-bond donors (Lipinski definition) is 0. The summed E-state index contributed by atoms with van der Waals surface area (Å²) in [7, 11) is 0. The maximum absolute atomic E-state index is 12.0. The summed E-state index contributed by atoms with van der Waals surface area (Å²) in [6.07, 6.45) is 0. The average molecular weight is 382 g/mol. The summed E-state index contributed by atoms with van der Waals surface area (Å²) >= 11 is 9.18. The Labute approximate surface area is 153 Å². The quantitative estimate of drug-likeness (QED) is 0.585. The van der Waals surface area contributed by atoms with Crippen LogP contribution in [0, 0.1) is 0 Å². The van der Waals surface area contributed by atoms with Gasteiger partial charge >= 0.3 is 0 Å². The van der Waals surface area contributed by atoms with Crippen molar-refractivity contribution in [2.24, 2.45) is 0 Å². The van der Waals surface area contributed by atoms with Gasteiger partial charge in [0.15, 0.2) is 0 Å². The first kappa shape index (κ1) is 17.3. The number of hydrogen-bond acceptors (Lipinski definition) is 6. The molecule has 2 aromatic heterocycles. The number of halogens is 1. The molecule has 0 fully saturated rings. The van der Waals surface area contributed by atoms with Crippen LogP contribution in [0.4, 0.5) is 0 Å². The van der Waals surface area contributed by atoms with Gasteiger partial charge in [-0.25, -0.2) is 0 Å².